The van der Waals surface area contributed by atoms with E-state index in [1.54, 1.807) is 25.1 Å². The predicted molar refractivity (Wildman–Crippen MR) is 164 cm³/mol. The Hall–Kier alpha value is -3.46. The monoisotopic (exact) mass is 652 g/mol. The Morgan fingerprint density at radius 3 is 2.49 bits per heavy atom. The number of esters is 1. The number of aromatic nitrogens is 1. The first-order valence-corrected chi connectivity index (χ1v) is 15.0. The molecule has 0 amide bonds. The molecule has 0 aliphatic carbocycles. The van der Waals surface area contributed by atoms with Crippen molar-refractivity contribution in [3.63, 3.8) is 0 Å². The maximum Gasteiger partial charge on any atom is 0.497 e. The number of halogens is 2. The SMILES string of the molecule is CCOC(=O)Cc1cc(F)c(B2OC(C)(C)C(C)(C)O2)cc1OCCCc1cc(COc2cccc(Br)n2)ccc1C#N. The third kappa shape index (κ3) is 8.14. The van der Waals surface area contributed by atoms with Gasteiger partial charge in [-0.15, -0.1) is 0 Å². The molecule has 11 heteroatoms. The molecule has 0 spiro atoms. The fourth-order valence-electron chi connectivity index (χ4n) is 4.53. The molecule has 0 atom stereocenters. The van der Waals surface area contributed by atoms with E-state index < -0.39 is 30.1 Å². The summed E-state index contributed by atoms with van der Waals surface area (Å²) in [4.78, 5) is 16.5. The molecule has 4 rings (SSSR count). The van der Waals surface area contributed by atoms with E-state index in [-0.39, 0.29) is 25.1 Å². The summed E-state index contributed by atoms with van der Waals surface area (Å²) in [6, 6.07) is 16.1. The molecule has 2 heterocycles. The van der Waals surface area contributed by atoms with Gasteiger partial charge in [0.15, 0.2) is 0 Å². The van der Waals surface area contributed by atoms with Crippen molar-refractivity contribution in [1.82, 2.24) is 4.98 Å². The second kappa shape index (κ2) is 13.9. The van der Waals surface area contributed by atoms with Gasteiger partial charge in [-0.05, 0) is 98.8 Å². The minimum atomic E-state index is -0.931. The number of aryl methyl sites for hydroxylation is 1. The van der Waals surface area contributed by atoms with E-state index in [1.165, 1.54) is 6.07 Å². The highest BCUT2D eigenvalue weighted by Gasteiger charge is 2.52. The fourth-order valence-corrected chi connectivity index (χ4v) is 4.85. The van der Waals surface area contributed by atoms with E-state index in [4.69, 9.17) is 23.5 Å². The molecular weight excluding hydrogens is 618 g/mol. The number of nitrogens with zero attached hydrogens (tertiary/aromatic N) is 2. The number of carbonyl (C=O) groups excluding carboxylic acids is 1. The molecule has 2 aromatic carbocycles. The van der Waals surface area contributed by atoms with Gasteiger partial charge in [-0.3, -0.25) is 4.79 Å². The van der Waals surface area contributed by atoms with Crippen LogP contribution >= 0.6 is 15.9 Å². The minimum Gasteiger partial charge on any atom is -0.493 e. The molecular formula is C32H35BBrFN2O6. The molecule has 0 N–H and O–H groups in total. The standard InChI is InChI=1S/C32H35BBrFN2O6/c1-6-39-30(38)17-24-16-26(35)25(33-42-31(2,3)32(4,5)43-33)18-27(24)40-14-8-9-22-15-21(12-13-23(22)19-36)20-41-29-11-7-10-28(34)37-29/h7,10-13,15-16,18H,6,8-9,14,17,20H2,1-5H3. The second-order valence-corrected chi connectivity index (χ2v) is 12.0. The van der Waals surface area contributed by atoms with Crippen LogP contribution in [0.15, 0.2) is 53.1 Å². The van der Waals surface area contributed by atoms with Gasteiger partial charge in [0.25, 0.3) is 0 Å². The van der Waals surface area contributed by atoms with Crippen LogP contribution in [-0.4, -0.2) is 42.5 Å². The molecule has 1 aliphatic heterocycles. The van der Waals surface area contributed by atoms with E-state index in [0.717, 1.165) is 11.1 Å². The lowest BCUT2D eigenvalue weighted by molar-refractivity contribution is -0.142. The summed E-state index contributed by atoms with van der Waals surface area (Å²) >= 11 is 3.33. The highest BCUT2D eigenvalue weighted by molar-refractivity contribution is 9.10. The highest BCUT2D eigenvalue weighted by Crippen LogP contribution is 2.37. The zero-order chi connectivity index (χ0) is 31.2. The van der Waals surface area contributed by atoms with E-state index in [9.17, 15) is 10.1 Å². The minimum absolute atomic E-state index is 0.142. The number of pyridine rings is 1. The summed E-state index contributed by atoms with van der Waals surface area (Å²) < 4.78 is 45.1. The Bertz CT molecular complexity index is 1490. The Morgan fingerprint density at radius 2 is 1.81 bits per heavy atom. The lowest BCUT2D eigenvalue weighted by Crippen LogP contribution is -2.41. The second-order valence-electron chi connectivity index (χ2n) is 11.2. The number of nitriles is 1. The maximum absolute atomic E-state index is 15.3. The third-order valence-electron chi connectivity index (χ3n) is 7.54. The Balaban J connectivity index is 1.47. The number of hydrogen-bond donors (Lipinski definition) is 0. The van der Waals surface area contributed by atoms with Crippen LogP contribution in [0.5, 0.6) is 11.6 Å². The van der Waals surface area contributed by atoms with Gasteiger partial charge in [0, 0.05) is 17.1 Å². The molecule has 0 radical (unpaired) electrons. The van der Waals surface area contributed by atoms with Crippen molar-refractivity contribution in [2.24, 2.45) is 0 Å². The zero-order valence-electron chi connectivity index (χ0n) is 25.0. The Labute approximate surface area is 260 Å². The fraction of sp³-hybridized carbons (Fsp3) is 0.406. The summed E-state index contributed by atoms with van der Waals surface area (Å²) in [5, 5.41) is 9.65. The molecule has 3 aromatic rings. The van der Waals surface area contributed by atoms with Crippen LogP contribution in [0.1, 0.15) is 63.3 Å². The van der Waals surface area contributed by atoms with Gasteiger partial charge in [-0.2, -0.15) is 5.26 Å². The first-order valence-electron chi connectivity index (χ1n) is 14.2. The van der Waals surface area contributed by atoms with Crippen molar-refractivity contribution in [3.8, 4) is 17.7 Å². The Morgan fingerprint density at radius 1 is 1.07 bits per heavy atom. The molecule has 43 heavy (non-hydrogen) atoms. The molecule has 0 bridgehead atoms. The lowest BCUT2D eigenvalue weighted by Gasteiger charge is -2.32. The number of rotatable bonds is 12. The van der Waals surface area contributed by atoms with E-state index in [1.807, 2.05) is 52.0 Å². The van der Waals surface area contributed by atoms with Crippen molar-refractivity contribution in [2.45, 2.75) is 71.7 Å². The molecule has 226 valence electrons. The van der Waals surface area contributed by atoms with Gasteiger partial charge in [-0.1, -0.05) is 18.2 Å². The number of benzene rings is 2. The van der Waals surface area contributed by atoms with E-state index in [0.29, 0.717) is 46.8 Å². The van der Waals surface area contributed by atoms with Crippen LogP contribution in [0.3, 0.4) is 0 Å². The van der Waals surface area contributed by atoms with Crippen LogP contribution in [0.4, 0.5) is 4.39 Å². The molecule has 1 aromatic heterocycles. The average molecular weight is 653 g/mol. The van der Waals surface area contributed by atoms with Crippen LogP contribution < -0.4 is 14.9 Å². The average Bonchev–Trinajstić information content (AvgIpc) is 3.17. The van der Waals surface area contributed by atoms with Gasteiger partial charge < -0.3 is 23.5 Å². The van der Waals surface area contributed by atoms with Crippen molar-refractivity contribution >= 4 is 34.5 Å². The Kier molecular flexibility index (Phi) is 10.5. The summed E-state index contributed by atoms with van der Waals surface area (Å²) in [5.41, 5.74) is 1.59. The van der Waals surface area contributed by atoms with E-state index >= 15 is 4.39 Å². The normalized spacial score (nSPS) is 15.2. The van der Waals surface area contributed by atoms with Gasteiger partial charge in [0.2, 0.25) is 5.88 Å². The third-order valence-corrected chi connectivity index (χ3v) is 7.98. The number of hydrogen-bond acceptors (Lipinski definition) is 8. The number of carbonyl (C=O) groups is 1. The maximum atomic E-state index is 15.3. The quantitative estimate of drug-likeness (QED) is 0.104. The van der Waals surface area contributed by atoms with Crippen molar-refractivity contribution in [2.75, 3.05) is 13.2 Å². The van der Waals surface area contributed by atoms with Gasteiger partial charge >= 0.3 is 13.1 Å². The van der Waals surface area contributed by atoms with Crippen LogP contribution in [0.25, 0.3) is 0 Å². The molecule has 1 fully saturated rings. The zero-order valence-corrected chi connectivity index (χ0v) is 26.6. The van der Waals surface area contributed by atoms with Crippen molar-refractivity contribution in [3.05, 3.63) is 81.2 Å². The van der Waals surface area contributed by atoms with Gasteiger partial charge in [-0.25, -0.2) is 9.37 Å². The first kappa shape index (κ1) is 32.5. The first-order chi connectivity index (χ1) is 20.4. The number of ether oxygens (including phenoxy) is 3. The van der Waals surface area contributed by atoms with Crippen LogP contribution in [0, 0.1) is 17.1 Å². The highest BCUT2D eigenvalue weighted by atomic mass is 79.9. The summed E-state index contributed by atoms with van der Waals surface area (Å²) in [5.74, 6) is -0.193. The van der Waals surface area contributed by atoms with Crippen LogP contribution in [0.2, 0.25) is 0 Å². The van der Waals surface area contributed by atoms with Crippen molar-refractivity contribution < 1.29 is 32.7 Å². The summed E-state index contributed by atoms with van der Waals surface area (Å²) in [6.45, 7) is 10.1. The van der Waals surface area contributed by atoms with Gasteiger partial charge in [0.1, 0.15) is 22.8 Å². The summed E-state index contributed by atoms with van der Waals surface area (Å²) in [6.07, 6.45) is 0.982. The molecule has 0 saturated carbocycles. The van der Waals surface area contributed by atoms with Crippen molar-refractivity contribution in [1.29, 1.82) is 5.26 Å². The van der Waals surface area contributed by atoms with Crippen LogP contribution in [-0.2, 0) is 38.3 Å². The van der Waals surface area contributed by atoms with E-state index in [2.05, 4.69) is 27.0 Å². The smallest absolute Gasteiger partial charge is 0.493 e. The largest absolute Gasteiger partial charge is 0.497 e. The topological polar surface area (TPSA) is 99.9 Å². The predicted octanol–water partition coefficient (Wildman–Crippen LogP) is 5.85. The molecule has 1 saturated heterocycles. The molecule has 1 aliphatic rings. The molecule has 0 unspecified atom stereocenters. The molecule has 8 nitrogen and oxygen atoms in total. The summed E-state index contributed by atoms with van der Waals surface area (Å²) in [7, 11) is -0.931. The van der Waals surface area contributed by atoms with Gasteiger partial charge in [0.05, 0.1) is 42.5 Å². The lowest BCUT2D eigenvalue weighted by atomic mass is 9.78.